The van der Waals surface area contributed by atoms with E-state index >= 15 is 0 Å². The molecule has 0 aromatic rings. The Morgan fingerprint density at radius 1 is 1.47 bits per heavy atom. The van der Waals surface area contributed by atoms with E-state index in [0.29, 0.717) is 19.5 Å². The third-order valence-electron chi connectivity index (χ3n) is 2.67. The number of rotatable bonds is 5. The Balaban J connectivity index is 2.21. The van der Waals surface area contributed by atoms with Crippen LogP contribution in [0.15, 0.2) is 0 Å². The molecule has 100 valence electrons. The van der Waals surface area contributed by atoms with Crippen LogP contribution in [-0.4, -0.2) is 55.0 Å². The molecule has 0 aromatic heterocycles. The predicted molar refractivity (Wildman–Crippen MR) is 53.3 cm³/mol. The zero-order chi connectivity index (χ0) is 12.9. The molecule has 1 N–H and O–H groups in total. The highest BCUT2D eigenvalue weighted by Crippen LogP contribution is 2.19. The molecule has 0 aromatic carbocycles. The third kappa shape index (κ3) is 5.36. The van der Waals surface area contributed by atoms with Gasteiger partial charge in [0.1, 0.15) is 13.2 Å². The second-order valence-corrected chi connectivity index (χ2v) is 4.11. The van der Waals surface area contributed by atoms with Gasteiger partial charge in [-0.1, -0.05) is 0 Å². The lowest BCUT2D eigenvalue weighted by atomic mass is 10.1. The average molecular weight is 255 g/mol. The highest BCUT2D eigenvalue weighted by Gasteiger charge is 2.29. The Kier molecular flexibility index (Phi) is 5.20. The van der Waals surface area contributed by atoms with Crippen LogP contribution in [0.3, 0.4) is 0 Å². The number of alkyl halides is 3. The topological polar surface area (TPSA) is 49.8 Å². The maximum Gasteiger partial charge on any atom is 0.411 e. The minimum Gasteiger partial charge on any atom is -0.396 e. The molecular formula is C10H16F3NO3. The minimum atomic E-state index is -4.40. The van der Waals surface area contributed by atoms with Crippen molar-refractivity contribution in [2.45, 2.75) is 19.0 Å². The highest BCUT2D eigenvalue weighted by atomic mass is 19.4. The van der Waals surface area contributed by atoms with Gasteiger partial charge < -0.3 is 14.7 Å². The van der Waals surface area contributed by atoms with Crippen molar-refractivity contribution >= 4 is 5.91 Å². The molecule has 17 heavy (non-hydrogen) atoms. The van der Waals surface area contributed by atoms with Crippen LogP contribution in [0.5, 0.6) is 0 Å². The van der Waals surface area contributed by atoms with Crippen molar-refractivity contribution < 1.29 is 27.8 Å². The van der Waals surface area contributed by atoms with Crippen LogP contribution in [-0.2, 0) is 9.53 Å². The van der Waals surface area contributed by atoms with Gasteiger partial charge in [-0.3, -0.25) is 4.79 Å². The number of ether oxygens (including phenoxy) is 1. The van der Waals surface area contributed by atoms with Crippen LogP contribution < -0.4 is 0 Å². The number of aliphatic hydroxyl groups excluding tert-OH is 1. The van der Waals surface area contributed by atoms with Crippen molar-refractivity contribution in [1.29, 1.82) is 0 Å². The molecule has 0 saturated carbocycles. The number of hydrogen-bond donors (Lipinski definition) is 1. The van der Waals surface area contributed by atoms with Crippen molar-refractivity contribution in [1.82, 2.24) is 4.90 Å². The predicted octanol–water partition coefficient (Wildman–Crippen LogP) is 0.796. The summed E-state index contributed by atoms with van der Waals surface area (Å²) in [5.74, 6) is -0.179. The molecule has 1 saturated heterocycles. The lowest BCUT2D eigenvalue weighted by Gasteiger charge is -2.16. The number of amides is 1. The first-order chi connectivity index (χ1) is 7.92. The van der Waals surface area contributed by atoms with Gasteiger partial charge in [-0.2, -0.15) is 13.2 Å². The van der Waals surface area contributed by atoms with Gasteiger partial charge in [0.25, 0.3) is 0 Å². The average Bonchev–Trinajstić information content (AvgIpc) is 2.65. The van der Waals surface area contributed by atoms with Gasteiger partial charge >= 0.3 is 6.18 Å². The number of hydrogen-bond acceptors (Lipinski definition) is 3. The molecule has 1 unspecified atom stereocenters. The molecule has 1 amide bonds. The van der Waals surface area contributed by atoms with E-state index < -0.39 is 25.3 Å². The van der Waals surface area contributed by atoms with E-state index in [2.05, 4.69) is 4.74 Å². The summed E-state index contributed by atoms with van der Waals surface area (Å²) in [6.45, 7) is -0.844. The highest BCUT2D eigenvalue weighted by molar-refractivity contribution is 5.77. The molecule has 7 heteroatoms. The maximum atomic E-state index is 11.8. The summed E-state index contributed by atoms with van der Waals surface area (Å²) in [5.41, 5.74) is 0. The Bertz CT molecular complexity index is 258. The largest absolute Gasteiger partial charge is 0.411 e. The smallest absolute Gasteiger partial charge is 0.396 e. The fourth-order valence-electron chi connectivity index (χ4n) is 1.82. The lowest BCUT2D eigenvalue weighted by molar-refractivity contribution is -0.177. The fraction of sp³-hybridized carbons (Fsp3) is 0.900. The Hall–Kier alpha value is -0.820. The molecule has 1 aliphatic rings. The van der Waals surface area contributed by atoms with Crippen molar-refractivity contribution in [3.63, 3.8) is 0 Å². The molecule has 0 aliphatic carbocycles. The summed E-state index contributed by atoms with van der Waals surface area (Å²) in [6.07, 6.45) is -3.00. The normalized spacial score (nSPS) is 20.9. The summed E-state index contributed by atoms with van der Waals surface area (Å²) in [4.78, 5) is 12.9. The van der Waals surface area contributed by atoms with Gasteiger partial charge in [-0.05, 0) is 18.8 Å². The van der Waals surface area contributed by atoms with Gasteiger partial charge in [0.05, 0.1) is 0 Å². The van der Waals surface area contributed by atoms with Crippen LogP contribution in [0.4, 0.5) is 13.2 Å². The molecular weight excluding hydrogens is 239 g/mol. The fourth-order valence-corrected chi connectivity index (χ4v) is 1.82. The van der Waals surface area contributed by atoms with Crippen molar-refractivity contribution in [2.75, 3.05) is 32.9 Å². The number of nitrogens with zero attached hydrogens (tertiary/aromatic N) is 1. The summed E-state index contributed by atoms with van der Waals surface area (Å²) in [6, 6.07) is 0. The lowest BCUT2D eigenvalue weighted by Crippen LogP contribution is -2.33. The van der Waals surface area contributed by atoms with E-state index in [9.17, 15) is 18.0 Å². The number of likely N-dealkylation sites (tertiary alicyclic amines) is 1. The zero-order valence-corrected chi connectivity index (χ0v) is 9.37. The second kappa shape index (κ2) is 6.20. The molecule has 0 spiro atoms. The number of carbonyl (C=O) groups is 1. The van der Waals surface area contributed by atoms with Gasteiger partial charge in [0.2, 0.25) is 5.91 Å². The van der Waals surface area contributed by atoms with Crippen LogP contribution in [0, 0.1) is 5.92 Å². The second-order valence-electron chi connectivity index (χ2n) is 4.11. The third-order valence-corrected chi connectivity index (χ3v) is 2.67. The summed E-state index contributed by atoms with van der Waals surface area (Å²) in [5, 5.41) is 8.73. The Morgan fingerprint density at radius 2 is 2.18 bits per heavy atom. The molecule has 1 rings (SSSR count). The Morgan fingerprint density at radius 3 is 2.76 bits per heavy atom. The first kappa shape index (κ1) is 14.2. The van der Waals surface area contributed by atoms with Crippen molar-refractivity contribution in [3.05, 3.63) is 0 Å². The quantitative estimate of drug-likeness (QED) is 0.790. The number of aliphatic hydroxyl groups is 1. The van der Waals surface area contributed by atoms with Crippen LogP contribution in [0.1, 0.15) is 12.8 Å². The maximum absolute atomic E-state index is 11.8. The first-order valence-corrected chi connectivity index (χ1v) is 5.45. The minimum absolute atomic E-state index is 0.0667. The molecule has 1 fully saturated rings. The van der Waals surface area contributed by atoms with Gasteiger partial charge in [0.15, 0.2) is 0 Å². The van der Waals surface area contributed by atoms with Crippen molar-refractivity contribution in [2.24, 2.45) is 5.92 Å². The van der Waals surface area contributed by atoms with Crippen LogP contribution >= 0.6 is 0 Å². The molecule has 0 bridgehead atoms. The van der Waals surface area contributed by atoms with E-state index in [1.807, 2.05) is 0 Å². The molecule has 4 nitrogen and oxygen atoms in total. The zero-order valence-electron chi connectivity index (χ0n) is 9.37. The molecule has 1 heterocycles. The standard InChI is InChI=1S/C10H16F3NO3/c11-10(12,13)7-17-6-9(16)14-3-1-8(5-14)2-4-15/h8,15H,1-7H2. The van der Waals surface area contributed by atoms with Crippen LogP contribution in [0.25, 0.3) is 0 Å². The SMILES string of the molecule is O=C(COCC(F)(F)F)N1CCC(CCO)C1. The molecule has 1 atom stereocenters. The van der Waals surface area contributed by atoms with E-state index in [1.54, 1.807) is 0 Å². The van der Waals surface area contributed by atoms with Gasteiger partial charge in [-0.25, -0.2) is 0 Å². The van der Waals surface area contributed by atoms with E-state index in [-0.39, 0.29) is 12.5 Å². The summed E-state index contributed by atoms with van der Waals surface area (Å²) < 4.78 is 39.6. The van der Waals surface area contributed by atoms with E-state index in [1.165, 1.54) is 4.90 Å². The van der Waals surface area contributed by atoms with Gasteiger partial charge in [-0.15, -0.1) is 0 Å². The molecule has 0 radical (unpaired) electrons. The molecule has 1 aliphatic heterocycles. The van der Waals surface area contributed by atoms with Crippen LogP contribution in [0.2, 0.25) is 0 Å². The van der Waals surface area contributed by atoms with Crippen molar-refractivity contribution in [3.8, 4) is 0 Å². The number of carbonyl (C=O) groups excluding carboxylic acids is 1. The summed E-state index contributed by atoms with van der Waals surface area (Å²) in [7, 11) is 0. The van der Waals surface area contributed by atoms with E-state index in [4.69, 9.17) is 5.11 Å². The van der Waals surface area contributed by atoms with Gasteiger partial charge in [0, 0.05) is 19.7 Å². The van der Waals surface area contributed by atoms with E-state index in [0.717, 1.165) is 6.42 Å². The monoisotopic (exact) mass is 255 g/mol. The number of halogens is 3. The Labute approximate surface area is 97.3 Å². The first-order valence-electron chi connectivity index (χ1n) is 5.45. The summed E-state index contributed by atoms with van der Waals surface area (Å²) >= 11 is 0.